The number of hydrogen-bond acceptors (Lipinski definition) is 3. The average Bonchev–Trinajstić information content (AvgIpc) is 2.46. The Bertz CT molecular complexity index is 563. The monoisotopic (exact) mass is 350 g/mol. The lowest BCUT2D eigenvalue weighted by atomic mass is 10.2. The zero-order chi connectivity index (χ0) is 14.2. The Morgan fingerprint density at radius 2 is 2.00 bits per heavy atom. The molecule has 1 aromatic carbocycles. The van der Waals surface area contributed by atoms with E-state index in [-0.39, 0.29) is 5.91 Å². The van der Waals surface area contributed by atoms with Crippen molar-refractivity contribution in [3.05, 3.63) is 64.4 Å². The molecule has 1 amide bonds. The molecule has 0 aliphatic heterocycles. The van der Waals surface area contributed by atoms with Gasteiger partial charge in [0.2, 0.25) is 5.91 Å². The third-order valence-electron chi connectivity index (χ3n) is 2.63. The highest BCUT2D eigenvalue weighted by Crippen LogP contribution is 2.16. The number of nitrogens with zero attached hydrogens (tertiary/aromatic N) is 1. The molecular weight excluding hydrogens is 336 g/mol. The van der Waals surface area contributed by atoms with Crippen LogP contribution in [-0.2, 0) is 17.1 Å². The molecule has 0 unspecified atom stereocenters. The fourth-order valence-corrected chi connectivity index (χ4v) is 2.89. The van der Waals surface area contributed by atoms with Crippen LogP contribution in [0.1, 0.15) is 11.1 Å². The first-order valence-corrected chi connectivity index (χ1v) is 8.16. The summed E-state index contributed by atoms with van der Waals surface area (Å²) in [6.45, 7) is 0.554. The minimum atomic E-state index is 0.0572. The van der Waals surface area contributed by atoms with Crippen LogP contribution in [0.5, 0.6) is 0 Å². The van der Waals surface area contributed by atoms with Crippen molar-refractivity contribution in [1.29, 1.82) is 0 Å². The van der Waals surface area contributed by atoms with Crippen LogP contribution in [0, 0.1) is 0 Å². The number of halogens is 1. The van der Waals surface area contributed by atoms with Gasteiger partial charge >= 0.3 is 0 Å². The second kappa shape index (κ2) is 8.07. The summed E-state index contributed by atoms with van der Waals surface area (Å²) in [5.41, 5.74) is 2.27. The molecule has 1 heterocycles. The van der Waals surface area contributed by atoms with Gasteiger partial charge in [0.05, 0.1) is 5.75 Å². The molecule has 104 valence electrons. The predicted molar refractivity (Wildman–Crippen MR) is 86.4 cm³/mol. The van der Waals surface area contributed by atoms with Crippen molar-refractivity contribution in [1.82, 2.24) is 10.3 Å². The summed E-state index contributed by atoms with van der Waals surface area (Å²) in [7, 11) is 0. The summed E-state index contributed by atoms with van der Waals surface area (Å²) in [5, 5.41) is 2.90. The smallest absolute Gasteiger partial charge is 0.230 e. The maximum Gasteiger partial charge on any atom is 0.230 e. The van der Waals surface area contributed by atoms with Gasteiger partial charge in [-0.3, -0.25) is 9.78 Å². The van der Waals surface area contributed by atoms with E-state index in [2.05, 4.69) is 38.4 Å². The maximum atomic E-state index is 11.7. The quantitative estimate of drug-likeness (QED) is 0.867. The van der Waals surface area contributed by atoms with E-state index in [1.54, 1.807) is 24.2 Å². The number of carbonyl (C=O) groups excluding carboxylic acids is 1. The van der Waals surface area contributed by atoms with Gasteiger partial charge in [-0.15, -0.1) is 11.8 Å². The van der Waals surface area contributed by atoms with Gasteiger partial charge in [0.25, 0.3) is 0 Å². The molecule has 0 bridgehead atoms. The molecule has 1 aromatic heterocycles. The predicted octanol–water partition coefficient (Wildman–Crippen LogP) is 3.39. The van der Waals surface area contributed by atoms with E-state index < -0.39 is 0 Å². The fourth-order valence-electron chi connectivity index (χ4n) is 1.64. The lowest BCUT2D eigenvalue weighted by Gasteiger charge is -2.05. The molecule has 0 atom stereocenters. The van der Waals surface area contributed by atoms with Crippen LogP contribution < -0.4 is 5.32 Å². The van der Waals surface area contributed by atoms with Crippen molar-refractivity contribution in [2.24, 2.45) is 0 Å². The molecule has 5 heteroatoms. The maximum absolute atomic E-state index is 11.7. The largest absolute Gasteiger partial charge is 0.351 e. The van der Waals surface area contributed by atoms with Crippen LogP contribution >= 0.6 is 27.7 Å². The Morgan fingerprint density at radius 1 is 1.20 bits per heavy atom. The van der Waals surface area contributed by atoms with Gasteiger partial charge in [0.15, 0.2) is 0 Å². The minimum absolute atomic E-state index is 0.0572. The topological polar surface area (TPSA) is 42.0 Å². The minimum Gasteiger partial charge on any atom is -0.351 e. The van der Waals surface area contributed by atoms with Gasteiger partial charge in [-0.1, -0.05) is 28.1 Å². The number of pyridine rings is 1. The average molecular weight is 351 g/mol. The van der Waals surface area contributed by atoms with Crippen molar-refractivity contribution in [2.45, 2.75) is 12.3 Å². The standard InChI is InChI=1S/C15H15BrN2OS/c16-14-3-1-2-13(8-14)10-20-11-15(19)18-9-12-4-6-17-7-5-12/h1-8H,9-11H2,(H,18,19). The Balaban J connectivity index is 1.68. The molecule has 2 rings (SSSR count). The van der Waals surface area contributed by atoms with Crippen LogP contribution in [0.4, 0.5) is 0 Å². The van der Waals surface area contributed by atoms with Crippen LogP contribution in [0.25, 0.3) is 0 Å². The number of benzene rings is 1. The molecule has 0 aliphatic rings. The fraction of sp³-hybridized carbons (Fsp3) is 0.200. The van der Waals surface area contributed by atoms with Crippen molar-refractivity contribution in [2.75, 3.05) is 5.75 Å². The number of nitrogens with one attached hydrogen (secondary N) is 1. The van der Waals surface area contributed by atoms with E-state index in [4.69, 9.17) is 0 Å². The van der Waals surface area contributed by atoms with Gasteiger partial charge in [-0.25, -0.2) is 0 Å². The first-order valence-electron chi connectivity index (χ1n) is 6.22. The van der Waals surface area contributed by atoms with Gasteiger partial charge in [0, 0.05) is 29.2 Å². The molecule has 0 aliphatic carbocycles. The highest BCUT2D eigenvalue weighted by Gasteiger charge is 2.02. The van der Waals surface area contributed by atoms with E-state index in [0.717, 1.165) is 15.8 Å². The number of hydrogen-bond donors (Lipinski definition) is 1. The third-order valence-corrected chi connectivity index (χ3v) is 4.13. The normalized spacial score (nSPS) is 10.2. The summed E-state index contributed by atoms with van der Waals surface area (Å²) in [5.74, 6) is 1.36. The molecular formula is C15H15BrN2OS. The van der Waals surface area contributed by atoms with Crippen LogP contribution in [0.3, 0.4) is 0 Å². The van der Waals surface area contributed by atoms with Crippen molar-refractivity contribution in [3.8, 4) is 0 Å². The van der Waals surface area contributed by atoms with E-state index in [1.165, 1.54) is 5.56 Å². The molecule has 2 aromatic rings. The Morgan fingerprint density at radius 3 is 2.75 bits per heavy atom. The Hall–Kier alpha value is -1.33. The summed E-state index contributed by atoms with van der Waals surface area (Å²) >= 11 is 5.05. The van der Waals surface area contributed by atoms with E-state index in [1.807, 2.05) is 24.3 Å². The molecule has 0 fully saturated rings. The van der Waals surface area contributed by atoms with E-state index >= 15 is 0 Å². The summed E-state index contributed by atoms with van der Waals surface area (Å²) in [6.07, 6.45) is 3.45. The van der Waals surface area contributed by atoms with Crippen molar-refractivity contribution >= 4 is 33.6 Å². The van der Waals surface area contributed by atoms with Gasteiger partial charge in [-0.2, -0.15) is 0 Å². The first kappa shape index (κ1) is 15.1. The van der Waals surface area contributed by atoms with Gasteiger partial charge < -0.3 is 5.32 Å². The number of amides is 1. The summed E-state index contributed by atoms with van der Waals surface area (Å²) in [6, 6.07) is 11.9. The van der Waals surface area contributed by atoms with Crippen molar-refractivity contribution < 1.29 is 4.79 Å². The zero-order valence-electron chi connectivity index (χ0n) is 10.9. The van der Waals surface area contributed by atoms with E-state index in [0.29, 0.717) is 12.3 Å². The third kappa shape index (κ3) is 5.35. The number of carbonyl (C=O) groups is 1. The molecule has 20 heavy (non-hydrogen) atoms. The highest BCUT2D eigenvalue weighted by molar-refractivity contribution is 9.10. The highest BCUT2D eigenvalue weighted by atomic mass is 79.9. The number of thioether (sulfide) groups is 1. The Kier molecular flexibility index (Phi) is 6.08. The van der Waals surface area contributed by atoms with Crippen LogP contribution in [0.15, 0.2) is 53.3 Å². The SMILES string of the molecule is O=C(CSCc1cccc(Br)c1)NCc1ccncc1. The summed E-state index contributed by atoms with van der Waals surface area (Å²) < 4.78 is 1.07. The Labute approximate surface area is 131 Å². The molecule has 3 nitrogen and oxygen atoms in total. The van der Waals surface area contributed by atoms with E-state index in [9.17, 15) is 4.79 Å². The zero-order valence-corrected chi connectivity index (χ0v) is 13.3. The van der Waals surface area contributed by atoms with Gasteiger partial charge in [0.1, 0.15) is 0 Å². The molecule has 1 N–H and O–H groups in total. The molecule has 0 radical (unpaired) electrons. The second-order valence-corrected chi connectivity index (χ2v) is 6.16. The molecule has 0 spiro atoms. The van der Waals surface area contributed by atoms with Gasteiger partial charge in [-0.05, 0) is 35.4 Å². The number of aromatic nitrogens is 1. The lowest BCUT2D eigenvalue weighted by molar-refractivity contribution is -0.118. The molecule has 0 saturated carbocycles. The lowest BCUT2D eigenvalue weighted by Crippen LogP contribution is -2.24. The first-order chi connectivity index (χ1) is 9.74. The summed E-state index contributed by atoms with van der Waals surface area (Å²) in [4.78, 5) is 15.7. The number of rotatable bonds is 6. The second-order valence-electron chi connectivity index (χ2n) is 4.25. The van der Waals surface area contributed by atoms with Crippen LogP contribution in [-0.4, -0.2) is 16.6 Å². The van der Waals surface area contributed by atoms with Crippen molar-refractivity contribution in [3.63, 3.8) is 0 Å². The van der Waals surface area contributed by atoms with Crippen LogP contribution in [0.2, 0.25) is 0 Å². The molecule has 0 saturated heterocycles.